The molecule has 0 saturated carbocycles. The fourth-order valence-electron chi connectivity index (χ4n) is 3.44. The monoisotopic (exact) mass is 487 g/mol. The van der Waals surface area contributed by atoms with E-state index in [0.717, 1.165) is 12.0 Å². The van der Waals surface area contributed by atoms with E-state index in [1.54, 1.807) is 26.0 Å². The molecule has 1 aliphatic rings. The van der Waals surface area contributed by atoms with Crippen LogP contribution in [0.4, 0.5) is 0 Å². The van der Waals surface area contributed by atoms with Crippen molar-refractivity contribution in [1.82, 2.24) is 25.8 Å². The Bertz CT molecular complexity index is 1100. The van der Waals surface area contributed by atoms with Crippen molar-refractivity contribution in [3.05, 3.63) is 47.2 Å². The van der Waals surface area contributed by atoms with E-state index in [1.807, 2.05) is 0 Å². The fraction of sp³-hybridized carbons (Fsp3) is 0.435. The van der Waals surface area contributed by atoms with Crippen molar-refractivity contribution in [3.8, 4) is 5.75 Å². The van der Waals surface area contributed by atoms with Crippen LogP contribution in [0.2, 0.25) is 0 Å². The van der Waals surface area contributed by atoms with Gasteiger partial charge in [0, 0.05) is 18.7 Å². The maximum Gasteiger partial charge on any atom is 0.276 e. The number of oxazole rings is 1. The highest BCUT2D eigenvalue weighted by Crippen LogP contribution is 2.20. The largest absolute Gasteiger partial charge is 0.491 e. The van der Waals surface area contributed by atoms with Crippen LogP contribution in [0.5, 0.6) is 5.75 Å². The molecule has 0 aliphatic carbocycles. The molecule has 2 aromatic rings. The number of hydrogen-bond donors (Lipinski definition) is 4. The minimum absolute atomic E-state index is 0.0265. The summed E-state index contributed by atoms with van der Waals surface area (Å²) < 4.78 is 10.8. The zero-order valence-corrected chi connectivity index (χ0v) is 19.8. The van der Waals surface area contributed by atoms with Crippen LogP contribution in [0.3, 0.4) is 0 Å². The molecule has 2 atom stereocenters. The molecule has 188 valence electrons. The molecule has 1 aromatic heterocycles. The number of benzene rings is 1. The number of amides is 4. The Balaban J connectivity index is 1.83. The van der Waals surface area contributed by atoms with Gasteiger partial charge in [-0.2, -0.15) is 0 Å². The molecule has 2 heterocycles. The van der Waals surface area contributed by atoms with Crippen molar-refractivity contribution in [3.63, 3.8) is 0 Å². The van der Waals surface area contributed by atoms with E-state index in [9.17, 15) is 24.3 Å². The summed E-state index contributed by atoms with van der Waals surface area (Å²) >= 11 is 0. The first-order valence-electron chi connectivity index (χ1n) is 11.1. The topological polar surface area (TPSA) is 163 Å². The summed E-state index contributed by atoms with van der Waals surface area (Å²) in [5.41, 5.74) is 1.08. The number of ether oxygens (including phenoxy) is 1. The van der Waals surface area contributed by atoms with E-state index in [2.05, 4.69) is 20.9 Å². The SMILES string of the molecule is Cc1ccc2cc1OCCNC(=O)CN(C(=O)c1ncoc1C)CCNC(=O)[C@H]([C@@H](C)O)NC2=O. The molecule has 0 saturated heterocycles. The molecule has 0 radical (unpaired) electrons. The molecule has 2 bridgehead atoms. The lowest BCUT2D eigenvalue weighted by molar-refractivity contribution is -0.125. The molecular formula is C23H29N5O7. The van der Waals surface area contributed by atoms with Gasteiger partial charge in [0.25, 0.3) is 11.8 Å². The molecule has 1 aliphatic heterocycles. The van der Waals surface area contributed by atoms with E-state index in [0.29, 0.717) is 11.5 Å². The maximum atomic E-state index is 12.9. The summed E-state index contributed by atoms with van der Waals surface area (Å²) in [5.74, 6) is -1.44. The average molecular weight is 488 g/mol. The molecule has 4 amide bonds. The quantitative estimate of drug-likeness (QED) is 0.442. The molecule has 1 aromatic carbocycles. The number of nitrogens with zero attached hydrogens (tertiary/aromatic N) is 2. The molecule has 12 nitrogen and oxygen atoms in total. The molecule has 0 spiro atoms. The van der Waals surface area contributed by atoms with Gasteiger partial charge >= 0.3 is 0 Å². The highest BCUT2D eigenvalue weighted by Gasteiger charge is 2.28. The highest BCUT2D eigenvalue weighted by atomic mass is 16.5. The predicted molar refractivity (Wildman–Crippen MR) is 123 cm³/mol. The molecule has 4 N–H and O–H groups in total. The van der Waals surface area contributed by atoms with Gasteiger partial charge in [-0.3, -0.25) is 19.2 Å². The summed E-state index contributed by atoms with van der Waals surface area (Å²) in [6, 6.07) is 3.57. The van der Waals surface area contributed by atoms with Gasteiger partial charge in [-0.25, -0.2) is 4.98 Å². The molecular weight excluding hydrogens is 458 g/mol. The van der Waals surface area contributed by atoms with Crippen molar-refractivity contribution in [2.24, 2.45) is 0 Å². The first kappa shape index (κ1) is 25.7. The number of carbonyl (C=O) groups excluding carboxylic acids is 4. The summed E-state index contributed by atoms with van der Waals surface area (Å²) in [6.07, 6.45) is -0.0581. The van der Waals surface area contributed by atoms with Crippen LogP contribution >= 0.6 is 0 Å². The van der Waals surface area contributed by atoms with Crippen LogP contribution in [-0.2, 0) is 9.59 Å². The first-order chi connectivity index (χ1) is 16.7. The van der Waals surface area contributed by atoms with Crippen molar-refractivity contribution >= 4 is 23.6 Å². The Kier molecular flexibility index (Phi) is 8.42. The van der Waals surface area contributed by atoms with E-state index in [4.69, 9.17) is 9.15 Å². The van der Waals surface area contributed by atoms with Crippen LogP contribution in [0.25, 0.3) is 0 Å². The fourth-order valence-corrected chi connectivity index (χ4v) is 3.44. The standard InChI is InChI=1S/C23H29N5O7/c1-13-4-5-16-10-17(13)34-9-7-24-18(30)11-28(23(33)20-15(3)35-12-26-20)8-6-25-22(32)19(14(2)29)27-21(16)31/h4-5,10,12,14,19,29H,6-9,11H2,1-3H3,(H,24,30)(H,25,32)(H,27,31)/t14-,19+/m1/s1. The second-order valence-corrected chi connectivity index (χ2v) is 8.15. The van der Waals surface area contributed by atoms with Crippen LogP contribution in [0, 0.1) is 13.8 Å². The second kappa shape index (κ2) is 11.5. The van der Waals surface area contributed by atoms with E-state index in [1.165, 1.54) is 17.9 Å². The minimum Gasteiger partial charge on any atom is -0.491 e. The number of carbonyl (C=O) groups is 4. The van der Waals surface area contributed by atoms with Crippen LogP contribution < -0.4 is 20.7 Å². The normalized spacial score (nSPS) is 19.0. The Hall–Kier alpha value is -3.93. The summed E-state index contributed by atoms with van der Waals surface area (Å²) in [7, 11) is 0. The summed E-state index contributed by atoms with van der Waals surface area (Å²) in [5, 5.41) is 17.9. The van der Waals surface area contributed by atoms with Gasteiger partial charge in [-0.1, -0.05) is 6.07 Å². The smallest absolute Gasteiger partial charge is 0.276 e. The Morgan fingerprint density at radius 2 is 1.97 bits per heavy atom. The van der Waals surface area contributed by atoms with Gasteiger partial charge in [-0.05, 0) is 38.5 Å². The lowest BCUT2D eigenvalue weighted by Gasteiger charge is -2.24. The Labute approximate surface area is 202 Å². The predicted octanol–water partition coefficient (Wildman–Crippen LogP) is -0.462. The van der Waals surface area contributed by atoms with Crippen LogP contribution in [0.15, 0.2) is 29.0 Å². The molecule has 3 rings (SSSR count). The number of hydrogen-bond acceptors (Lipinski definition) is 8. The van der Waals surface area contributed by atoms with Crippen molar-refractivity contribution in [2.75, 3.05) is 32.8 Å². The number of rotatable bonds is 2. The Morgan fingerprint density at radius 1 is 1.20 bits per heavy atom. The van der Waals surface area contributed by atoms with Crippen molar-refractivity contribution in [1.29, 1.82) is 0 Å². The first-order valence-corrected chi connectivity index (χ1v) is 11.1. The lowest BCUT2D eigenvalue weighted by Crippen LogP contribution is -2.53. The second-order valence-electron chi connectivity index (χ2n) is 8.15. The summed E-state index contributed by atoms with van der Waals surface area (Å²) in [4.78, 5) is 56.1. The maximum absolute atomic E-state index is 12.9. The number of fused-ring (bicyclic) bond motifs is 2. The van der Waals surface area contributed by atoms with Crippen molar-refractivity contribution in [2.45, 2.75) is 32.9 Å². The zero-order chi connectivity index (χ0) is 25.5. The average Bonchev–Trinajstić information content (AvgIpc) is 3.24. The molecule has 12 heteroatoms. The van der Waals surface area contributed by atoms with Crippen LogP contribution in [0.1, 0.15) is 39.1 Å². The van der Waals surface area contributed by atoms with Gasteiger partial charge in [0.15, 0.2) is 12.1 Å². The van der Waals surface area contributed by atoms with E-state index in [-0.39, 0.29) is 44.0 Å². The van der Waals surface area contributed by atoms with E-state index < -0.39 is 35.8 Å². The minimum atomic E-state index is -1.24. The third-order valence-corrected chi connectivity index (χ3v) is 5.43. The zero-order valence-electron chi connectivity index (χ0n) is 19.8. The number of aliphatic hydroxyl groups is 1. The van der Waals surface area contributed by atoms with Gasteiger partial charge in [0.1, 0.15) is 24.2 Å². The summed E-state index contributed by atoms with van der Waals surface area (Å²) in [6.45, 7) is 4.71. The lowest BCUT2D eigenvalue weighted by atomic mass is 10.1. The number of aromatic nitrogens is 1. The molecule has 0 fully saturated rings. The van der Waals surface area contributed by atoms with E-state index >= 15 is 0 Å². The molecule has 0 unspecified atom stereocenters. The Morgan fingerprint density at radius 3 is 2.66 bits per heavy atom. The number of nitrogens with one attached hydrogen (secondary N) is 3. The van der Waals surface area contributed by atoms with Crippen molar-refractivity contribution < 1.29 is 33.4 Å². The van der Waals surface area contributed by atoms with Gasteiger partial charge in [0.05, 0.1) is 19.2 Å². The number of aryl methyl sites for hydroxylation is 2. The van der Waals surface area contributed by atoms with Gasteiger partial charge in [-0.15, -0.1) is 0 Å². The highest BCUT2D eigenvalue weighted by molar-refractivity contribution is 5.98. The third-order valence-electron chi connectivity index (χ3n) is 5.43. The third kappa shape index (κ3) is 6.57. The van der Waals surface area contributed by atoms with Gasteiger partial charge < -0.3 is 35.1 Å². The number of aliphatic hydroxyl groups excluding tert-OH is 1. The van der Waals surface area contributed by atoms with Gasteiger partial charge in [0.2, 0.25) is 11.8 Å². The van der Waals surface area contributed by atoms with Crippen LogP contribution in [-0.4, -0.2) is 83.6 Å². The molecule has 35 heavy (non-hydrogen) atoms.